The molecule has 0 aliphatic rings. The molecular formula is C16H15N2O2. The van der Waals surface area contributed by atoms with Gasteiger partial charge in [0.05, 0.1) is 0 Å². The van der Waals surface area contributed by atoms with Gasteiger partial charge in [-0.1, -0.05) is 54.6 Å². The molecule has 1 unspecified atom stereocenters. The van der Waals surface area contributed by atoms with Crippen LogP contribution in [0.3, 0.4) is 0 Å². The van der Waals surface area contributed by atoms with Gasteiger partial charge in [0.15, 0.2) is 5.54 Å². The normalized spacial score (nSPS) is 13.2. The van der Waals surface area contributed by atoms with E-state index in [9.17, 15) is 9.59 Å². The molecule has 20 heavy (non-hydrogen) atoms. The number of benzene rings is 2. The van der Waals surface area contributed by atoms with Crippen LogP contribution in [0.25, 0.3) is 0 Å². The molecule has 3 N–H and O–H groups in total. The van der Waals surface area contributed by atoms with Gasteiger partial charge in [-0.25, -0.2) is 4.79 Å². The predicted octanol–water partition coefficient (Wildman–Crippen LogP) is 2.02. The maximum atomic E-state index is 11.7. The summed E-state index contributed by atoms with van der Waals surface area (Å²) >= 11 is 0. The fourth-order valence-electron chi connectivity index (χ4n) is 2.30. The lowest BCUT2D eigenvalue weighted by molar-refractivity contribution is 0.243. The molecule has 0 saturated heterocycles. The average molecular weight is 267 g/mol. The topological polar surface area (TPSA) is 72.2 Å². The Hall–Kier alpha value is -2.62. The molecule has 0 saturated carbocycles. The third-order valence-electron chi connectivity index (χ3n) is 3.22. The van der Waals surface area contributed by atoms with E-state index in [2.05, 4.69) is 5.32 Å². The summed E-state index contributed by atoms with van der Waals surface area (Å²) in [7, 11) is 0. The fraction of sp³-hybridized carbons (Fsp3) is 0.125. The molecule has 0 spiro atoms. The van der Waals surface area contributed by atoms with Crippen LogP contribution in [0.1, 0.15) is 16.7 Å². The number of nitrogens with two attached hydrogens (primary N) is 1. The summed E-state index contributed by atoms with van der Waals surface area (Å²) in [4.78, 5) is 23.1. The van der Waals surface area contributed by atoms with Crippen molar-refractivity contribution < 1.29 is 9.59 Å². The van der Waals surface area contributed by atoms with Crippen LogP contribution in [0.4, 0.5) is 4.79 Å². The number of amides is 2. The molecule has 2 rings (SSSR count). The van der Waals surface area contributed by atoms with Gasteiger partial charge >= 0.3 is 6.03 Å². The second-order valence-corrected chi connectivity index (χ2v) is 4.52. The zero-order chi connectivity index (χ0) is 14.6. The summed E-state index contributed by atoms with van der Waals surface area (Å²) in [6, 6.07) is 15.5. The van der Waals surface area contributed by atoms with Crippen molar-refractivity contribution in [2.24, 2.45) is 5.73 Å². The second kappa shape index (κ2) is 5.57. The lowest BCUT2D eigenvalue weighted by Crippen LogP contribution is -2.50. The lowest BCUT2D eigenvalue weighted by Gasteiger charge is -2.30. The molecule has 101 valence electrons. The van der Waals surface area contributed by atoms with E-state index >= 15 is 0 Å². The molecular weight excluding hydrogens is 252 g/mol. The van der Waals surface area contributed by atoms with Gasteiger partial charge in [0, 0.05) is 0 Å². The molecule has 0 aliphatic carbocycles. The Morgan fingerprint density at radius 1 is 1.10 bits per heavy atom. The van der Waals surface area contributed by atoms with Crippen molar-refractivity contribution >= 4 is 12.3 Å². The van der Waals surface area contributed by atoms with E-state index in [4.69, 9.17) is 5.73 Å². The highest BCUT2D eigenvalue weighted by atomic mass is 16.2. The van der Waals surface area contributed by atoms with Crippen LogP contribution in [0.2, 0.25) is 0 Å². The third-order valence-corrected chi connectivity index (χ3v) is 3.22. The molecule has 2 aromatic carbocycles. The van der Waals surface area contributed by atoms with E-state index < -0.39 is 11.6 Å². The van der Waals surface area contributed by atoms with Gasteiger partial charge in [-0.2, -0.15) is 0 Å². The first-order valence-electron chi connectivity index (χ1n) is 6.18. The SMILES string of the molecule is Cc1ccccc1C([C]=O)(NC(N)=O)c1ccccc1. The van der Waals surface area contributed by atoms with Crippen molar-refractivity contribution in [1.29, 1.82) is 0 Å². The summed E-state index contributed by atoms with van der Waals surface area (Å²) < 4.78 is 0. The maximum absolute atomic E-state index is 11.7. The molecule has 2 amide bonds. The Balaban J connectivity index is 2.69. The van der Waals surface area contributed by atoms with Crippen LogP contribution < -0.4 is 11.1 Å². The number of carbonyl (C=O) groups excluding carboxylic acids is 2. The van der Waals surface area contributed by atoms with Gasteiger partial charge in [-0.05, 0) is 23.6 Å². The molecule has 0 aromatic heterocycles. The molecule has 1 atom stereocenters. The number of rotatable bonds is 4. The molecule has 0 heterocycles. The molecule has 2 aromatic rings. The van der Waals surface area contributed by atoms with E-state index in [0.717, 1.165) is 5.56 Å². The Kier molecular flexibility index (Phi) is 3.84. The smallest absolute Gasteiger partial charge is 0.313 e. The maximum Gasteiger partial charge on any atom is 0.313 e. The number of nitrogens with one attached hydrogen (secondary N) is 1. The highest BCUT2D eigenvalue weighted by molar-refractivity contribution is 5.84. The quantitative estimate of drug-likeness (QED) is 0.889. The predicted molar refractivity (Wildman–Crippen MR) is 76.8 cm³/mol. The van der Waals surface area contributed by atoms with E-state index in [1.54, 1.807) is 36.4 Å². The summed E-state index contributed by atoms with van der Waals surface area (Å²) in [5.74, 6) is 0. The minimum Gasteiger partial charge on any atom is -0.352 e. The molecule has 0 aliphatic heterocycles. The minimum absolute atomic E-state index is 0.614. The zero-order valence-corrected chi connectivity index (χ0v) is 11.1. The van der Waals surface area contributed by atoms with Gasteiger partial charge in [-0.3, -0.25) is 4.79 Å². The van der Waals surface area contributed by atoms with E-state index in [0.29, 0.717) is 11.1 Å². The van der Waals surface area contributed by atoms with Gasteiger partial charge in [-0.15, -0.1) is 0 Å². The number of hydrogen-bond donors (Lipinski definition) is 2. The Bertz CT molecular complexity index is 625. The zero-order valence-electron chi connectivity index (χ0n) is 11.1. The summed E-state index contributed by atoms with van der Waals surface area (Å²) in [6.45, 7) is 1.87. The molecule has 0 bridgehead atoms. The van der Waals surface area contributed by atoms with Gasteiger partial charge in [0.2, 0.25) is 6.29 Å². The van der Waals surface area contributed by atoms with Crippen molar-refractivity contribution in [3.8, 4) is 0 Å². The number of aryl methyl sites for hydroxylation is 1. The van der Waals surface area contributed by atoms with Gasteiger partial charge in [0.1, 0.15) is 0 Å². The van der Waals surface area contributed by atoms with Crippen molar-refractivity contribution in [1.82, 2.24) is 5.32 Å². The number of carbonyl (C=O) groups is 1. The van der Waals surface area contributed by atoms with Crippen LogP contribution in [0.15, 0.2) is 54.6 Å². The molecule has 0 fully saturated rings. The van der Waals surface area contributed by atoms with E-state index in [-0.39, 0.29) is 0 Å². The van der Waals surface area contributed by atoms with Crippen molar-refractivity contribution in [2.45, 2.75) is 12.5 Å². The van der Waals surface area contributed by atoms with Crippen LogP contribution in [0.5, 0.6) is 0 Å². The first-order chi connectivity index (χ1) is 9.60. The van der Waals surface area contributed by atoms with Crippen LogP contribution in [-0.4, -0.2) is 12.3 Å². The minimum atomic E-state index is -1.39. The van der Waals surface area contributed by atoms with Crippen LogP contribution in [0, 0.1) is 6.92 Å². The summed E-state index contributed by atoms with van der Waals surface area (Å²) in [5.41, 5.74) is 6.00. The summed E-state index contributed by atoms with van der Waals surface area (Å²) in [5, 5.41) is 2.53. The lowest BCUT2D eigenvalue weighted by atomic mass is 9.82. The van der Waals surface area contributed by atoms with Gasteiger partial charge in [0.25, 0.3) is 0 Å². The van der Waals surface area contributed by atoms with Crippen LogP contribution in [-0.2, 0) is 10.3 Å². The highest BCUT2D eigenvalue weighted by Crippen LogP contribution is 2.30. The van der Waals surface area contributed by atoms with E-state index in [1.807, 2.05) is 31.4 Å². The van der Waals surface area contributed by atoms with Crippen molar-refractivity contribution in [3.63, 3.8) is 0 Å². The first-order valence-corrected chi connectivity index (χ1v) is 6.18. The monoisotopic (exact) mass is 267 g/mol. The largest absolute Gasteiger partial charge is 0.352 e. The Morgan fingerprint density at radius 3 is 2.25 bits per heavy atom. The summed E-state index contributed by atoms with van der Waals surface area (Å²) in [6.07, 6.45) is 1.96. The standard InChI is InChI=1S/C16H15N2O2/c1-12-7-5-6-10-14(12)16(11-19,18-15(17)20)13-8-3-2-4-9-13/h2-10H,1H3,(H3,17,18,20). The third kappa shape index (κ3) is 2.40. The van der Waals surface area contributed by atoms with Crippen LogP contribution >= 0.6 is 0 Å². The van der Waals surface area contributed by atoms with Crippen molar-refractivity contribution in [3.05, 3.63) is 71.3 Å². The van der Waals surface area contributed by atoms with E-state index in [1.165, 1.54) is 0 Å². The molecule has 4 nitrogen and oxygen atoms in total. The fourth-order valence-corrected chi connectivity index (χ4v) is 2.30. The van der Waals surface area contributed by atoms with Gasteiger partial charge < -0.3 is 11.1 Å². The highest BCUT2D eigenvalue weighted by Gasteiger charge is 2.37. The molecule has 4 heteroatoms. The number of primary amides is 1. The molecule has 1 radical (unpaired) electrons. The number of urea groups is 1. The second-order valence-electron chi connectivity index (χ2n) is 4.52. The Morgan fingerprint density at radius 2 is 1.70 bits per heavy atom. The number of hydrogen-bond acceptors (Lipinski definition) is 2. The van der Waals surface area contributed by atoms with Crippen molar-refractivity contribution in [2.75, 3.05) is 0 Å². The Labute approximate surface area is 117 Å². The average Bonchev–Trinajstić information content (AvgIpc) is 2.46. The first kappa shape index (κ1) is 13.8.